The van der Waals surface area contributed by atoms with Crippen molar-refractivity contribution in [3.63, 3.8) is 0 Å². The van der Waals surface area contributed by atoms with Crippen LogP contribution in [0.25, 0.3) is 0 Å². The van der Waals surface area contributed by atoms with E-state index in [0.717, 1.165) is 0 Å². The molecule has 10 atom stereocenters. The summed E-state index contributed by atoms with van der Waals surface area (Å²) < 4.78 is 0. The lowest BCUT2D eigenvalue weighted by Gasteiger charge is -2.28. The van der Waals surface area contributed by atoms with E-state index in [-0.39, 0.29) is 18.8 Å². The zero-order valence-electron chi connectivity index (χ0n) is 43.3. The maximum Gasteiger partial charge on any atom is 0.303 e. The first-order valence-corrected chi connectivity index (χ1v) is 24.0. The molecular formula is C45H78N12O17. The van der Waals surface area contributed by atoms with Gasteiger partial charge in [-0.05, 0) is 56.3 Å². The maximum atomic E-state index is 13.8. The number of aliphatic hydroxyl groups excluding tert-OH is 2. The van der Waals surface area contributed by atoms with E-state index >= 15 is 0 Å². The summed E-state index contributed by atoms with van der Waals surface area (Å²) in [6, 6.07) is -13.3. The lowest BCUT2D eigenvalue weighted by molar-refractivity contribution is -0.139. The molecule has 0 aromatic rings. The molecule has 0 aromatic heterocycles. The second-order valence-electron chi connectivity index (χ2n) is 19.1. The largest absolute Gasteiger partial charge is 0.481 e. The number of nitrogens with two attached hydrogens (primary N) is 3. The highest BCUT2D eigenvalue weighted by molar-refractivity contribution is 5.98. The summed E-state index contributed by atoms with van der Waals surface area (Å²) >= 11 is 0. The molecular weight excluding hydrogens is 981 g/mol. The Morgan fingerprint density at radius 3 is 1.28 bits per heavy atom. The number of amides is 11. The van der Waals surface area contributed by atoms with Gasteiger partial charge in [-0.15, -0.1) is 0 Å². The van der Waals surface area contributed by atoms with Crippen molar-refractivity contribution in [2.75, 3.05) is 13.2 Å². The van der Waals surface area contributed by atoms with Crippen molar-refractivity contribution in [1.29, 1.82) is 0 Å². The van der Waals surface area contributed by atoms with Crippen LogP contribution in [0.4, 0.5) is 0 Å². The van der Waals surface area contributed by atoms with Crippen LogP contribution < -0.4 is 65.1 Å². The number of hydrogen-bond acceptors (Lipinski definition) is 16. The van der Waals surface area contributed by atoms with E-state index in [1.807, 2.05) is 0 Å². The molecule has 11 amide bonds. The van der Waals surface area contributed by atoms with Crippen molar-refractivity contribution in [3.8, 4) is 0 Å². The van der Waals surface area contributed by atoms with Crippen LogP contribution in [0.2, 0.25) is 0 Å². The molecule has 0 aliphatic carbocycles. The van der Waals surface area contributed by atoms with Crippen LogP contribution in [0.1, 0.15) is 107 Å². The van der Waals surface area contributed by atoms with E-state index < -0.39 is 200 Å². The Labute approximate surface area is 428 Å². The second kappa shape index (κ2) is 32.9. The molecule has 0 aliphatic heterocycles. The SMILES string of the molecule is CC(C)C[C@H](NC(=O)[C@H](CCC(N)=O)NC(=O)[C@H](CO)NC(=O)[C@@H](NC(=O)CNC(=O)[C@@H](NC(=O)[C@@H](NC(=O)[C@@H](N)CCC(=O)O)[C@@H](C)O)C(C)C)C(C)C)C(=O)N[C@@H](CCC(=O)O)C(=O)N[C@H](C(N)=O)C(C)C. The third-order valence-corrected chi connectivity index (χ3v) is 11.0. The van der Waals surface area contributed by atoms with Crippen molar-refractivity contribution < 1.29 is 82.8 Å². The van der Waals surface area contributed by atoms with Gasteiger partial charge in [0.15, 0.2) is 0 Å². The summed E-state index contributed by atoms with van der Waals surface area (Å²) in [5.74, 6) is -15.3. The fraction of sp³-hybridized carbons (Fsp3) is 0.711. The third kappa shape index (κ3) is 25.1. The van der Waals surface area contributed by atoms with Crippen LogP contribution in [-0.2, 0) is 62.3 Å². The van der Waals surface area contributed by atoms with Gasteiger partial charge in [-0.1, -0.05) is 55.4 Å². The molecule has 0 unspecified atom stereocenters. The number of carbonyl (C=O) groups excluding carboxylic acids is 11. The Kier molecular flexibility index (Phi) is 29.8. The molecule has 0 radical (unpaired) electrons. The highest BCUT2D eigenvalue weighted by atomic mass is 16.4. The third-order valence-electron chi connectivity index (χ3n) is 11.0. The van der Waals surface area contributed by atoms with E-state index in [9.17, 15) is 77.6 Å². The number of aliphatic hydroxyl groups is 2. The standard InChI is InChI=1S/C45H78N12O17/c1-19(2)16-27(41(70)50-26(12-15-32(64)65)40(69)55-33(20(3)4)37(48)66)52-39(68)25(11-13-29(47)60)51-42(71)28(18-58)53-44(73)35(22(7)8)54-30(61)17-49-43(72)34(21(5)6)56-45(74)36(23(9)59)57-38(67)24(46)10-14-31(62)63/h19-28,33-36,58-59H,10-18,46H2,1-9H3,(H2,47,60)(H2,48,66)(H,49,72)(H,50,70)(H,51,71)(H,52,68)(H,53,73)(H,54,61)(H,55,69)(H,56,74)(H,57,67)(H,62,63)(H,64,65)/t23-,24+,25+,26+,27+,28+,33+,34+,35+,36+/m1/s1. The summed E-state index contributed by atoms with van der Waals surface area (Å²) in [5, 5.41) is 59.8. The minimum absolute atomic E-state index is 0.0748. The van der Waals surface area contributed by atoms with Gasteiger partial charge in [0.25, 0.3) is 0 Å². The van der Waals surface area contributed by atoms with Gasteiger partial charge in [0, 0.05) is 19.3 Å². The van der Waals surface area contributed by atoms with E-state index in [4.69, 9.17) is 22.3 Å². The van der Waals surface area contributed by atoms with Crippen LogP contribution in [0.15, 0.2) is 0 Å². The lowest BCUT2D eigenvalue weighted by atomic mass is 10.00. The van der Waals surface area contributed by atoms with Crippen LogP contribution in [0.5, 0.6) is 0 Å². The number of primary amides is 2. The first-order valence-electron chi connectivity index (χ1n) is 24.0. The second-order valence-corrected chi connectivity index (χ2v) is 19.1. The van der Waals surface area contributed by atoms with Crippen molar-refractivity contribution in [3.05, 3.63) is 0 Å². The topological polar surface area (TPSA) is 489 Å². The fourth-order valence-electron chi connectivity index (χ4n) is 6.78. The lowest BCUT2D eigenvalue weighted by Crippen LogP contribution is -2.61. The predicted octanol–water partition coefficient (Wildman–Crippen LogP) is -5.82. The molecule has 0 saturated carbocycles. The Morgan fingerprint density at radius 2 is 0.838 bits per heavy atom. The minimum Gasteiger partial charge on any atom is -0.481 e. The van der Waals surface area contributed by atoms with Gasteiger partial charge in [-0.25, -0.2) is 0 Å². The Balaban J connectivity index is 6.17. The zero-order chi connectivity index (χ0) is 57.3. The van der Waals surface area contributed by atoms with Crippen molar-refractivity contribution in [2.45, 2.75) is 168 Å². The summed E-state index contributed by atoms with van der Waals surface area (Å²) in [4.78, 5) is 166. The fourth-order valence-corrected chi connectivity index (χ4v) is 6.78. The Bertz CT molecular complexity index is 2000. The molecule has 0 fully saturated rings. The normalized spacial score (nSPS) is 15.3. The molecule has 0 saturated heterocycles. The van der Waals surface area contributed by atoms with Gasteiger partial charge >= 0.3 is 11.9 Å². The van der Waals surface area contributed by atoms with Gasteiger partial charge in [0.2, 0.25) is 65.0 Å². The van der Waals surface area contributed by atoms with Gasteiger partial charge in [0.05, 0.1) is 25.3 Å². The molecule has 0 spiro atoms. The molecule has 0 heterocycles. The van der Waals surface area contributed by atoms with E-state index in [2.05, 4.69) is 47.9 Å². The summed E-state index contributed by atoms with van der Waals surface area (Å²) in [5.41, 5.74) is 16.4. The van der Waals surface area contributed by atoms with Crippen LogP contribution in [0.3, 0.4) is 0 Å². The van der Waals surface area contributed by atoms with Crippen LogP contribution in [-0.4, -0.2) is 171 Å². The number of aliphatic carboxylic acids is 2. The average molecular weight is 1060 g/mol. The van der Waals surface area contributed by atoms with E-state index in [0.29, 0.717) is 0 Å². The van der Waals surface area contributed by atoms with Gasteiger partial charge in [0.1, 0.15) is 48.3 Å². The Hall–Kier alpha value is -7.01. The van der Waals surface area contributed by atoms with E-state index in [1.165, 1.54) is 34.6 Å². The maximum absolute atomic E-state index is 13.8. The number of carbonyl (C=O) groups is 13. The van der Waals surface area contributed by atoms with Crippen molar-refractivity contribution in [1.82, 2.24) is 47.9 Å². The number of hydrogen-bond donors (Lipinski definition) is 16. The monoisotopic (exact) mass is 1060 g/mol. The summed E-state index contributed by atoms with van der Waals surface area (Å²) in [6.45, 7) is 12.0. The summed E-state index contributed by atoms with van der Waals surface area (Å²) in [6.07, 6.45) is -4.26. The first kappa shape index (κ1) is 67.0. The molecule has 420 valence electrons. The van der Waals surface area contributed by atoms with Crippen LogP contribution >= 0.6 is 0 Å². The highest BCUT2D eigenvalue weighted by Gasteiger charge is 2.36. The first-order chi connectivity index (χ1) is 34.2. The zero-order valence-corrected chi connectivity index (χ0v) is 43.3. The Morgan fingerprint density at radius 1 is 0.446 bits per heavy atom. The number of carboxylic acids is 2. The smallest absolute Gasteiger partial charge is 0.303 e. The molecule has 0 rings (SSSR count). The van der Waals surface area contributed by atoms with Gasteiger partial charge < -0.3 is 85.5 Å². The average Bonchev–Trinajstić information content (AvgIpc) is 3.29. The minimum atomic E-state index is -1.80. The van der Waals surface area contributed by atoms with Crippen molar-refractivity contribution >= 4 is 76.9 Å². The molecule has 74 heavy (non-hydrogen) atoms. The summed E-state index contributed by atoms with van der Waals surface area (Å²) in [7, 11) is 0. The molecule has 19 N–H and O–H groups in total. The highest BCUT2D eigenvalue weighted by Crippen LogP contribution is 2.11. The molecule has 0 aliphatic rings. The number of rotatable bonds is 35. The van der Waals surface area contributed by atoms with E-state index in [1.54, 1.807) is 27.7 Å². The predicted molar refractivity (Wildman–Crippen MR) is 261 cm³/mol. The molecule has 29 heteroatoms. The van der Waals surface area contributed by atoms with Crippen molar-refractivity contribution in [2.24, 2.45) is 40.9 Å². The molecule has 0 bridgehead atoms. The molecule has 0 aromatic carbocycles. The number of carboxylic acid groups (broad SMARTS) is 2. The van der Waals surface area contributed by atoms with Gasteiger partial charge in [-0.2, -0.15) is 0 Å². The van der Waals surface area contributed by atoms with Crippen LogP contribution in [0, 0.1) is 23.7 Å². The number of nitrogens with one attached hydrogen (secondary N) is 9. The molecule has 29 nitrogen and oxygen atoms in total. The quantitative estimate of drug-likeness (QED) is 0.0281. The van der Waals surface area contributed by atoms with Gasteiger partial charge in [-0.3, -0.25) is 62.3 Å².